The average molecular weight is 192 g/mol. The number of hydrogen-bond acceptors (Lipinski definition) is 5. The van der Waals surface area contributed by atoms with Crippen molar-refractivity contribution < 1.29 is 4.79 Å². The largest absolute Gasteiger partial charge is 0.367 e. The molecule has 0 aromatic carbocycles. The van der Waals surface area contributed by atoms with Gasteiger partial charge in [-0.3, -0.25) is 10.2 Å². The van der Waals surface area contributed by atoms with Gasteiger partial charge in [0, 0.05) is 18.3 Å². The zero-order valence-corrected chi connectivity index (χ0v) is 7.95. The maximum atomic E-state index is 11.6. The monoisotopic (exact) mass is 192 g/mol. The number of rotatable bonds is 0. The first-order valence-corrected chi connectivity index (χ1v) is 4.56. The molecule has 0 fully saturated rings. The molecule has 0 amide bonds. The second kappa shape index (κ2) is 3.25. The van der Waals surface area contributed by atoms with Crippen LogP contribution >= 0.6 is 0 Å². The summed E-state index contributed by atoms with van der Waals surface area (Å²) in [5.41, 5.74) is 9.66. The number of nitrogens with one attached hydrogen (secondary N) is 1. The van der Waals surface area contributed by atoms with Crippen LogP contribution in [0.25, 0.3) is 0 Å². The Morgan fingerprint density at radius 1 is 1.57 bits per heavy atom. The molecular formula is C9H12N4O. The van der Waals surface area contributed by atoms with E-state index in [0.29, 0.717) is 17.9 Å². The Morgan fingerprint density at radius 2 is 2.36 bits per heavy atom. The van der Waals surface area contributed by atoms with Crippen LogP contribution in [0.2, 0.25) is 0 Å². The van der Waals surface area contributed by atoms with Crippen molar-refractivity contribution in [3.8, 4) is 0 Å². The molecule has 3 N–H and O–H groups in total. The van der Waals surface area contributed by atoms with Crippen molar-refractivity contribution >= 4 is 18.0 Å². The van der Waals surface area contributed by atoms with Gasteiger partial charge in [-0.05, 0) is 12.3 Å². The number of carbonyl (C=O) groups excluding carboxylic acids is 1. The molecule has 0 aromatic rings. The first-order chi connectivity index (χ1) is 6.66. The molecular weight excluding hydrogens is 180 g/mol. The molecule has 1 atom stereocenters. The first kappa shape index (κ1) is 8.93. The number of aliphatic imine (C=N–C) groups is 1. The third-order valence-corrected chi connectivity index (χ3v) is 2.34. The fraction of sp³-hybridized carbons (Fsp3) is 0.444. The average Bonchev–Trinajstić information content (AvgIpc) is 2.28. The van der Waals surface area contributed by atoms with Gasteiger partial charge in [-0.2, -0.15) is 0 Å². The van der Waals surface area contributed by atoms with Crippen LogP contribution in [0.1, 0.15) is 19.8 Å². The van der Waals surface area contributed by atoms with Crippen LogP contribution in [0.4, 0.5) is 0 Å². The molecule has 1 aliphatic heterocycles. The predicted octanol–water partition coefficient (Wildman–Crippen LogP) is 0.143. The summed E-state index contributed by atoms with van der Waals surface area (Å²) in [7, 11) is 0. The topological polar surface area (TPSA) is 79.8 Å². The van der Waals surface area contributed by atoms with E-state index in [9.17, 15) is 4.79 Å². The summed E-state index contributed by atoms with van der Waals surface area (Å²) in [6, 6.07) is 0. The number of nitrogens with zero attached hydrogens (tertiary/aromatic N) is 2. The van der Waals surface area contributed by atoms with E-state index in [2.05, 4.69) is 15.5 Å². The second-order valence-electron chi connectivity index (χ2n) is 3.67. The van der Waals surface area contributed by atoms with E-state index in [1.165, 1.54) is 6.21 Å². The minimum Gasteiger partial charge on any atom is -0.367 e. The second-order valence-corrected chi connectivity index (χ2v) is 3.67. The number of guanidine groups is 1. The SMILES string of the molecule is CC1CC(=O)C2=C(C1)NN=C(N)N=C2. The maximum absolute atomic E-state index is 11.6. The van der Waals surface area contributed by atoms with Gasteiger partial charge >= 0.3 is 0 Å². The summed E-state index contributed by atoms with van der Waals surface area (Å²) in [6.07, 6.45) is 2.90. The minimum absolute atomic E-state index is 0.111. The Morgan fingerprint density at radius 3 is 3.14 bits per heavy atom. The Hall–Kier alpha value is -1.65. The van der Waals surface area contributed by atoms with Crippen molar-refractivity contribution in [3.05, 3.63) is 11.3 Å². The van der Waals surface area contributed by atoms with Crippen LogP contribution in [0.5, 0.6) is 0 Å². The zero-order chi connectivity index (χ0) is 10.1. The molecule has 2 rings (SSSR count). The molecule has 5 nitrogen and oxygen atoms in total. The smallest absolute Gasteiger partial charge is 0.237 e. The molecule has 0 spiro atoms. The highest BCUT2D eigenvalue weighted by Gasteiger charge is 2.24. The summed E-state index contributed by atoms with van der Waals surface area (Å²) >= 11 is 0. The molecule has 1 unspecified atom stereocenters. The van der Waals surface area contributed by atoms with Crippen molar-refractivity contribution in [1.29, 1.82) is 0 Å². The van der Waals surface area contributed by atoms with E-state index < -0.39 is 0 Å². The van der Waals surface area contributed by atoms with E-state index in [4.69, 9.17) is 5.73 Å². The molecule has 5 heteroatoms. The molecule has 0 saturated heterocycles. The normalized spacial score (nSPS) is 26.5. The van der Waals surface area contributed by atoms with Crippen molar-refractivity contribution in [3.63, 3.8) is 0 Å². The molecule has 14 heavy (non-hydrogen) atoms. The summed E-state index contributed by atoms with van der Waals surface area (Å²) in [4.78, 5) is 15.5. The highest BCUT2D eigenvalue weighted by Crippen LogP contribution is 2.24. The third kappa shape index (κ3) is 1.53. The van der Waals surface area contributed by atoms with Gasteiger partial charge in [0.2, 0.25) is 5.96 Å². The quantitative estimate of drug-likeness (QED) is 0.573. The summed E-state index contributed by atoms with van der Waals surface area (Å²) in [6.45, 7) is 2.04. The van der Waals surface area contributed by atoms with Gasteiger partial charge in [0.05, 0.1) is 5.57 Å². The molecule has 74 valence electrons. The van der Waals surface area contributed by atoms with Crippen molar-refractivity contribution in [2.45, 2.75) is 19.8 Å². The fourth-order valence-corrected chi connectivity index (χ4v) is 1.67. The molecule has 0 bridgehead atoms. The molecule has 2 aliphatic rings. The van der Waals surface area contributed by atoms with Gasteiger partial charge < -0.3 is 5.73 Å². The number of hydrazone groups is 1. The number of carbonyl (C=O) groups is 1. The van der Waals surface area contributed by atoms with Crippen LogP contribution < -0.4 is 11.2 Å². The number of allylic oxidation sites excluding steroid dienone is 2. The van der Waals surface area contributed by atoms with Crippen LogP contribution in [0.3, 0.4) is 0 Å². The molecule has 0 radical (unpaired) electrons. The fourth-order valence-electron chi connectivity index (χ4n) is 1.67. The standard InChI is InChI=1S/C9H12N4O/c1-5-2-7-6(8(14)3-5)4-11-9(10)13-12-7/h4-5,12H,2-3H2,1H3,(H2,10,13). The van der Waals surface area contributed by atoms with Crippen molar-refractivity contribution in [2.75, 3.05) is 0 Å². The summed E-state index contributed by atoms with van der Waals surface area (Å²) in [5.74, 6) is 0.622. The van der Waals surface area contributed by atoms with Crippen molar-refractivity contribution in [1.82, 2.24) is 5.43 Å². The Balaban J connectivity index is 2.36. The summed E-state index contributed by atoms with van der Waals surface area (Å²) in [5, 5.41) is 3.81. The van der Waals surface area contributed by atoms with Crippen LogP contribution in [-0.2, 0) is 4.79 Å². The Labute approximate surface area is 81.8 Å². The van der Waals surface area contributed by atoms with Gasteiger partial charge in [0.15, 0.2) is 5.78 Å². The highest BCUT2D eigenvalue weighted by atomic mass is 16.1. The molecule has 0 saturated carbocycles. The van der Waals surface area contributed by atoms with E-state index >= 15 is 0 Å². The lowest BCUT2D eigenvalue weighted by molar-refractivity contribution is -0.116. The highest BCUT2D eigenvalue weighted by molar-refractivity contribution is 6.16. The van der Waals surface area contributed by atoms with Gasteiger partial charge in [0.1, 0.15) is 0 Å². The van der Waals surface area contributed by atoms with Gasteiger partial charge in [0.25, 0.3) is 0 Å². The van der Waals surface area contributed by atoms with Crippen molar-refractivity contribution in [2.24, 2.45) is 21.7 Å². The van der Waals surface area contributed by atoms with Crippen LogP contribution in [0, 0.1) is 5.92 Å². The van der Waals surface area contributed by atoms with Crippen LogP contribution in [-0.4, -0.2) is 18.0 Å². The predicted molar refractivity (Wildman–Crippen MR) is 53.7 cm³/mol. The number of hydrogen-bond donors (Lipinski definition) is 2. The molecule has 1 aliphatic carbocycles. The molecule has 1 heterocycles. The van der Waals surface area contributed by atoms with E-state index in [1.807, 2.05) is 6.92 Å². The third-order valence-electron chi connectivity index (χ3n) is 2.34. The zero-order valence-electron chi connectivity index (χ0n) is 7.95. The maximum Gasteiger partial charge on any atom is 0.237 e. The number of nitrogens with two attached hydrogens (primary N) is 1. The lowest BCUT2D eigenvalue weighted by Gasteiger charge is -2.20. The Kier molecular flexibility index (Phi) is 2.07. The molecule has 0 aromatic heterocycles. The first-order valence-electron chi connectivity index (χ1n) is 4.56. The van der Waals surface area contributed by atoms with Gasteiger partial charge in [-0.1, -0.05) is 6.92 Å². The van der Waals surface area contributed by atoms with E-state index in [0.717, 1.165) is 12.1 Å². The lowest BCUT2D eigenvalue weighted by atomic mass is 9.88. The van der Waals surface area contributed by atoms with Gasteiger partial charge in [-0.15, -0.1) is 5.10 Å². The van der Waals surface area contributed by atoms with Crippen LogP contribution in [0.15, 0.2) is 21.4 Å². The lowest BCUT2D eigenvalue weighted by Crippen LogP contribution is -2.23. The summed E-state index contributed by atoms with van der Waals surface area (Å²) < 4.78 is 0. The Bertz CT molecular complexity index is 367. The number of ketones is 1. The minimum atomic E-state index is 0.111. The van der Waals surface area contributed by atoms with E-state index in [1.54, 1.807) is 0 Å². The van der Waals surface area contributed by atoms with E-state index in [-0.39, 0.29) is 11.7 Å². The number of Topliss-reactive ketones (excluding diaryl/α,β-unsaturated/α-hetero) is 1. The van der Waals surface area contributed by atoms with Gasteiger partial charge in [-0.25, -0.2) is 4.99 Å².